The molecule has 0 atom stereocenters. The number of hydrogen-bond acceptors (Lipinski definition) is 5. The van der Waals surface area contributed by atoms with Crippen LogP contribution in [0, 0.1) is 6.92 Å². The number of aryl methyl sites for hydroxylation is 1. The zero-order valence-electron chi connectivity index (χ0n) is 8.75. The summed E-state index contributed by atoms with van der Waals surface area (Å²) in [7, 11) is 0. The van der Waals surface area contributed by atoms with E-state index in [9.17, 15) is 4.79 Å². The third-order valence-corrected chi connectivity index (χ3v) is 1.40. The second-order valence-corrected chi connectivity index (χ2v) is 3.97. The Hall–Kier alpha value is -1.52. The topological polar surface area (TPSA) is 78.4 Å². The molecule has 1 aromatic rings. The molecule has 0 aliphatic heterocycles. The molecule has 0 spiro atoms. The Kier molecular flexibility index (Phi) is 2.51. The summed E-state index contributed by atoms with van der Waals surface area (Å²) in [5, 5.41) is 0. The zero-order valence-corrected chi connectivity index (χ0v) is 8.75. The van der Waals surface area contributed by atoms with Crippen LogP contribution in [0.5, 0.6) is 0 Å². The van der Waals surface area contributed by atoms with E-state index in [4.69, 9.17) is 14.9 Å². The molecular weight excluding hydrogens is 184 g/mol. The van der Waals surface area contributed by atoms with Crippen LogP contribution >= 0.6 is 0 Å². The summed E-state index contributed by atoms with van der Waals surface area (Å²) in [6, 6.07) is -0.0247. The van der Waals surface area contributed by atoms with Gasteiger partial charge in [-0.15, -0.1) is 0 Å². The van der Waals surface area contributed by atoms with E-state index in [1.807, 2.05) is 0 Å². The van der Waals surface area contributed by atoms with Gasteiger partial charge in [-0.05, 0) is 27.7 Å². The quantitative estimate of drug-likeness (QED) is 0.692. The minimum Gasteiger partial charge on any atom is -0.454 e. The third-order valence-electron chi connectivity index (χ3n) is 1.40. The molecule has 0 unspecified atom stereocenters. The van der Waals surface area contributed by atoms with Gasteiger partial charge in [-0.3, -0.25) is 0 Å². The molecule has 0 bridgehead atoms. The van der Waals surface area contributed by atoms with Gasteiger partial charge in [-0.25, -0.2) is 4.79 Å². The number of anilines is 1. The molecular formula is C9H14N2O3. The van der Waals surface area contributed by atoms with E-state index in [0.717, 1.165) is 0 Å². The Morgan fingerprint density at radius 3 is 2.43 bits per heavy atom. The first-order valence-electron chi connectivity index (χ1n) is 4.26. The van der Waals surface area contributed by atoms with Crippen molar-refractivity contribution < 1.29 is 13.9 Å². The van der Waals surface area contributed by atoms with Crippen LogP contribution in [-0.2, 0) is 4.74 Å². The van der Waals surface area contributed by atoms with Crippen molar-refractivity contribution in [3.8, 4) is 0 Å². The SMILES string of the molecule is Cc1nc(N)oc1C(=O)OC(C)(C)C. The molecule has 0 saturated carbocycles. The molecule has 1 aromatic heterocycles. The van der Waals surface area contributed by atoms with E-state index < -0.39 is 11.6 Å². The summed E-state index contributed by atoms with van der Waals surface area (Å²) in [5.74, 6) is -0.475. The summed E-state index contributed by atoms with van der Waals surface area (Å²) in [4.78, 5) is 15.3. The molecule has 14 heavy (non-hydrogen) atoms. The fourth-order valence-corrected chi connectivity index (χ4v) is 0.931. The number of hydrogen-bond donors (Lipinski definition) is 1. The van der Waals surface area contributed by atoms with Crippen LogP contribution in [0.1, 0.15) is 37.0 Å². The first-order valence-corrected chi connectivity index (χ1v) is 4.26. The van der Waals surface area contributed by atoms with E-state index >= 15 is 0 Å². The first kappa shape index (κ1) is 10.6. The van der Waals surface area contributed by atoms with Crippen molar-refractivity contribution in [1.29, 1.82) is 0 Å². The van der Waals surface area contributed by atoms with Crippen LogP contribution in [0.3, 0.4) is 0 Å². The monoisotopic (exact) mass is 198 g/mol. The lowest BCUT2D eigenvalue weighted by Gasteiger charge is -2.18. The highest BCUT2D eigenvalue weighted by molar-refractivity contribution is 5.87. The van der Waals surface area contributed by atoms with Gasteiger partial charge < -0.3 is 14.9 Å². The minimum absolute atomic E-state index is 0.0247. The van der Waals surface area contributed by atoms with E-state index in [2.05, 4.69) is 4.98 Å². The summed E-state index contributed by atoms with van der Waals surface area (Å²) >= 11 is 0. The molecule has 5 nitrogen and oxygen atoms in total. The third kappa shape index (κ3) is 2.48. The average molecular weight is 198 g/mol. The maximum Gasteiger partial charge on any atom is 0.376 e. The van der Waals surface area contributed by atoms with Crippen LogP contribution < -0.4 is 5.73 Å². The lowest BCUT2D eigenvalue weighted by atomic mass is 10.2. The maximum atomic E-state index is 11.5. The lowest BCUT2D eigenvalue weighted by Crippen LogP contribution is -2.24. The van der Waals surface area contributed by atoms with Gasteiger partial charge in [-0.1, -0.05) is 0 Å². The van der Waals surface area contributed by atoms with E-state index in [-0.39, 0.29) is 11.8 Å². The second kappa shape index (κ2) is 3.32. The number of aromatic nitrogens is 1. The van der Waals surface area contributed by atoms with Crippen LogP contribution in [0.15, 0.2) is 4.42 Å². The molecule has 78 valence electrons. The minimum atomic E-state index is -0.551. The maximum absolute atomic E-state index is 11.5. The molecule has 0 fully saturated rings. The van der Waals surface area contributed by atoms with Crippen LogP contribution in [0.4, 0.5) is 6.01 Å². The van der Waals surface area contributed by atoms with E-state index in [1.54, 1.807) is 27.7 Å². The van der Waals surface area contributed by atoms with E-state index in [0.29, 0.717) is 5.69 Å². The van der Waals surface area contributed by atoms with Gasteiger partial charge in [0.25, 0.3) is 6.01 Å². The van der Waals surface area contributed by atoms with Crippen molar-refractivity contribution in [2.24, 2.45) is 0 Å². The fraction of sp³-hybridized carbons (Fsp3) is 0.556. The second-order valence-electron chi connectivity index (χ2n) is 3.97. The van der Waals surface area contributed by atoms with Crippen LogP contribution in [0.25, 0.3) is 0 Å². The molecule has 0 aliphatic carbocycles. The number of ether oxygens (including phenoxy) is 1. The van der Waals surface area contributed by atoms with E-state index in [1.165, 1.54) is 0 Å². The normalized spacial score (nSPS) is 11.4. The Balaban J connectivity index is 2.85. The van der Waals surface area contributed by atoms with Crippen molar-refractivity contribution in [2.75, 3.05) is 5.73 Å². The van der Waals surface area contributed by atoms with Gasteiger partial charge in [0.1, 0.15) is 5.60 Å². The number of carbonyl (C=O) groups is 1. The summed E-state index contributed by atoms with van der Waals surface area (Å²) < 4.78 is 10.0. The smallest absolute Gasteiger partial charge is 0.376 e. The lowest BCUT2D eigenvalue weighted by molar-refractivity contribution is 0.00360. The largest absolute Gasteiger partial charge is 0.454 e. The number of nitrogen functional groups attached to an aromatic ring is 1. The zero-order chi connectivity index (χ0) is 10.9. The van der Waals surface area contributed by atoms with Crippen LogP contribution in [0.2, 0.25) is 0 Å². The van der Waals surface area contributed by atoms with Crippen molar-refractivity contribution in [1.82, 2.24) is 4.98 Å². The molecule has 5 heteroatoms. The number of esters is 1. The van der Waals surface area contributed by atoms with Gasteiger partial charge >= 0.3 is 5.97 Å². The van der Waals surface area contributed by atoms with Crippen molar-refractivity contribution in [3.05, 3.63) is 11.5 Å². The van der Waals surface area contributed by atoms with Gasteiger partial charge in [0, 0.05) is 0 Å². The van der Waals surface area contributed by atoms with Gasteiger partial charge in [0.05, 0.1) is 5.69 Å². The highest BCUT2D eigenvalue weighted by Crippen LogP contribution is 2.16. The first-order chi connectivity index (χ1) is 6.29. The number of oxazole rings is 1. The summed E-state index contributed by atoms with van der Waals surface area (Å²) in [6.45, 7) is 6.97. The van der Waals surface area contributed by atoms with Crippen molar-refractivity contribution >= 4 is 12.0 Å². The number of rotatable bonds is 1. The molecule has 0 saturated heterocycles. The van der Waals surface area contributed by atoms with Crippen molar-refractivity contribution in [3.63, 3.8) is 0 Å². The Morgan fingerprint density at radius 1 is 1.50 bits per heavy atom. The highest BCUT2D eigenvalue weighted by Gasteiger charge is 2.23. The number of nitrogens with zero attached hydrogens (tertiary/aromatic N) is 1. The average Bonchev–Trinajstić information content (AvgIpc) is 2.26. The Labute approximate surface area is 82.2 Å². The molecule has 1 heterocycles. The summed E-state index contributed by atoms with van der Waals surface area (Å²) in [5.41, 5.74) is 5.19. The molecule has 0 amide bonds. The number of carbonyl (C=O) groups excluding carboxylic acids is 1. The molecule has 0 aromatic carbocycles. The van der Waals surface area contributed by atoms with Crippen molar-refractivity contribution in [2.45, 2.75) is 33.3 Å². The van der Waals surface area contributed by atoms with Crippen LogP contribution in [-0.4, -0.2) is 16.6 Å². The molecule has 2 N–H and O–H groups in total. The highest BCUT2D eigenvalue weighted by atomic mass is 16.6. The standard InChI is InChI=1S/C9H14N2O3/c1-5-6(13-8(10)11-5)7(12)14-9(2,3)4/h1-4H3,(H2,10,11). The molecule has 1 rings (SSSR count). The van der Waals surface area contributed by atoms with Gasteiger partial charge in [0.15, 0.2) is 0 Å². The summed E-state index contributed by atoms with van der Waals surface area (Å²) in [6.07, 6.45) is 0. The van der Waals surface area contributed by atoms with Gasteiger partial charge in [-0.2, -0.15) is 4.98 Å². The molecule has 0 radical (unpaired) electrons. The predicted molar refractivity (Wildman–Crippen MR) is 50.8 cm³/mol. The van der Waals surface area contributed by atoms with Gasteiger partial charge in [0.2, 0.25) is 5.76 Å². The fourth-order valence-electron chi connectivity index (χ4n) is 0.931. The Morgan fingerprint density at radius 2 is 2.07 bits per heavy atom. The predicted octanol–water partition coefficient (Wildman–Crippen LogP) is 1.52. The Bertz CT molecular complexity index is 349. The molecule has 0 aliphatic rings. The number of nitrogens with two attached hydrogens (primary N) is 1.